The van der Waals surface area contributed by atoms with Crippen LogP contribution in [-0.4, -0.2) is 18.4 Å². The van der Waals surface area contributed by atoms with Crippen LogP contribution in [0, 0.1) is 5.82 Å². The zero-order valence-corrected chi connectivity index (χ0v) is 9.18. The van der Waals surface area contributed by atoms with E-state index in [0.717, 1.165) is 0 Å². The molecule has 1 aromatic heterocycles. The first-order valence-corrected chi connectivity index (χ1v) is 5.01. The van der Waals surface area contributed by atoms with E-state index in [-0.39, 0.29) is 17.3 Å². The zero-order valence-electron chi connectivity index (χ0n) is 9.18. The van der Waals surface area contributed by atoms with Gasteiger partial charge in [-0.05, 0) is 12.1 Å². The van der Waals surface area contributed by atoms with Crippen molar-refractivity contribution in [1.82, 2.24) is 4.98 Å². The number of rotatable bonds is 3. The van der Waals surface area contributed by atoms with Crippen molar-refractivity contribution in [3.05, 3.63) is 47.9 Å². The molecule has 0 bridgehead atoms. The van der Waals surface area contributed by atoms with Gasteiger partial charge in [0.25, 0.3) is 0 Å². The number of pyridine rings is 1. The Hall–Kier alpha value is -2.23. The first kappa shape index (κ1) is 11.3. The Kier molecular flexibility index (Phi) is 3.14. The molecule has 0 aliphatic rings. The van der Waals surface area contributed by atoms with Crippen LogP contribution in [0.3, 0.4) is 0 Å². The highest BCUT2D eigenvalue weighted by Gasteiger charge is 2.13. The van der Waals surface area contributed by atoms with Gasteiger partial charge in [-0.25, -0.2) is 9.37 Å². The summed E-state index contributed by atoms with van der Waals surface area (Å²) in [7, 11) is 1.42. The Bertz CT molecular complexity index is 555. The van der Waals surface area contributed by atoms with Crippen LogP contribution in [0.5, 0.6) is 5.88 Å². The maximum Gasteiger partial charge on any atom is 0.224 e. The maximum atomic E-state index is 13.7. The van der Waals surface area contributed by atoms with Crippen molar-refractivity contribution >= 4 is 6.29 Å². The average Bonchev–Trinajstić information content (AvgIpc) is 2.38. The van der Waals surface area contributed by atoms with Crippen LogP contribution in [0.1, 0.15) is 10.4 Å². The fraction of sp³-hybridized carbons (Fsp3) is 0.0769. The van der Waals surface area contributed by atoms with Crippen molar-refractivity contribution in [3.63, 3.8) is 0 Å². The molecule has 17 heavy (non-hydrogen) atoms. The molecule has 0 N–H and O–H groups in total. The van der Waals surface area contributed by atoms with E-state index in [1.54, 1.807) is 24.3 Å². The lowest BCUT2D eigenvalue weighted by Crippen LogP contribution is -1.97. The molecule has 3 nitrogen and oxygen atoms in total. The van der Waals surface area contributed by atoms with Gasteiger partial charge < -0.3 is 4.74 Å². The molecule has 0 fully saturated rings. The van der Waals surface area contributed by atoms with Gasteiger partial charge in [0.15, 0.2) is 6.29 Å². The van der Waals surface area contributed by atoms with E-state index in [2.05, 4.69) is 4.98 Å². The molecule has 0 aliphatic carbocycles. The molecule has 0 atom stereocenters. The minimum Gasteiger partial charge on any atom is -0.480 e. The van der Waals surface area contributed by atoms with Crippen molar-refractivity contribution in [2.75, 3.05) is 7.11 Å². The number of hydrogen-bond acceptors (Lipinski definition) is 3. The van der Waals surface area contributed by atoms with Gasteiger partial charge in [0.1, 0.15) is 5.82 Å². The van der Waals surface area contributed by atoms with Gasteiger partial charge >= 0.3 is 0 Å². The van der Waals surface area contributed by atoms with Gasteiger partial charge in [-0.15, -0.1) is 0 Å². The lowest BCUT2D eigenvalue weighted by atomic mass is 10.0. The highest BCUT2D eigenvalue weighted by atomic mass is 19.1. The van der Waals surface area contributed by atoms with Crippen molar-refractivity contribution in [3.8, 4) is 17.0 Å². The van der Waals surface area contributed by atoms with Gasteiger partial charge in [-0.1, -0.05) is 18.2 Å². The molecule has 0 saturated heterocycles. The Labute approximate surface area is 97.9 Å². The number of halogens is 1. The lowest BCUT2D eigenvalue weighted by molar-refractivity contribution is 0.112. The Morgan fingerprint density at radius 2 is 2.00 bits per heavy atom. The molecule has 1 heterocycles. The van der Waals surface area contributed by atoms with Gasteiger partial charge in [0.2, 0.25) is 5.88 Å². The van der Waals surface area contributed by atoms with Crippen LogP contribution in [0.2, 0.25) is 0 Å². The van der Waals surface area contributed by atoms with E-state index in [9.17, 15) is 9.18 Å². The van der Waals surface area contributed by atoms with Crippen LogP contribution >= 0.6 is 0 Å². The van der Waals surface area contributed by atoms with Crippen molar-refractivity contribution < 1.29 is 13.9 Å². The summed E-state index contributed by atoms with van der Waals surface area (Å²) in [6.07, 6.45) is 2.10. The molecule has 2 rings (SSSR count). The van der Waals surface area contributed by atoms with E-state index in [1.165, 1.54) is 19.4 Å². The van der Waals surface area contributed by atoms with E-state index < -0.39 is 0 Å². The molecule has 0 radical (unpaired) electrons. The highest BCUT2D eigenvalue weighted by molar-refractivity contribution is 5.90. The van der Waals surface area contributed by atoms with Crippen LogP contribution in [0.4, 0.5) is 4.39 Å². The van der Waals surface area contributed by atoms with E-state index in [0.29, 0.717) is 17.4 Å². The number of aldehydes is 1. The van der Waals surface area contributed by atoms with Crippen LogP contribution in [0.25, 0.3) is 11.1 Å². The number of nitrogens with zero attached hydrogens (tertiary/aromatic N) is 1. The predicted octanol–water partition coefficient (Wildman–Crippen LogP) is 2.71. The summed E-state index contributed by atoms with van der Waals surface area (Å²) in [4.78, 5) is 15.0. The van der Waals surface area contributed by atoms with E-state index >= 15 is 0 Å². The fourth-order valence-corrected chi connectivity index (χ4v) is 1.65. The second-order valence-electron chi connectivity index (χ2n) is 3.38. The predicted molar refractivity (Wildman–Crippen MR) is 61.6 cm³/mol. The number of benzene rings is 1. The van der Waals surface area contributed by atoms with E-state index in [4.69, 9.17) is 4.74 Å². The third-order valence-electron chi connectivity index (χ3n) is 2.43. The smallest absolute Gasteiger partial charge is 0.224 e. The Morgan fingerprint density at radius 3 is 2.65 bits per heavy atom. The fourth-order valence-electron chi connectivity index (χ4n) is 1.65. The molecule has 86 valence electrons. The van der Waals surface area contributed by atoms with E-state index in [1.807, 2.05) is 0 Å². The second-order valence-corrected chi connectivity index (χ2v) is 3.38. The van der Waals surface area contributed by atoms with Crippen LogP contribution < -0.4 is 4.74 Å². The Morgan fingerprint density at radius 1 is 1.24 bits per heavy atom. The van der Waals surface area contributed by atoms with Crippen molar-refractivity contribution in [1.29, 1.82) is 0 Å². The minimum atomic E-state index is -0.385. The van der Waals surface area contributed by atoms with Crippen molar-refractivity contribution in [2.24, 2.45) is 0 Å². The van der Waals surface area contributed by atoms with Gasteiger partial charge in [-0.3, -0.25) is 4.79 Å². The van der Waals surface area contributed by atoms with Gasteiger partial charge in [-0.2, -0.15) is 0 Å². The Balaban J connectivity index is 2.68. The average molecular weight is 231 g/mol. The van der Waals surface area contributed by atoms with Crippen LogP contribution in [-0.2, 0) is 0 Å². The van der Waals surface area contributed by atoms with Gasteiger partial charge in [0.05, 0.1) is 12.7 Å². The van der Waals surface area contributed by atoms with Gasteiger partial charge in [0, 0.05) is 17.3 Å². The molecule has 4 heteroatoms. The molecule has 1 aromatic carbocycles. The summed E-state index contributed by atoms with van der Waals surface area (Å²) < 4.78 is 18.6. The third kappa shape index (κ3) is 2.01. The number of methoxy groups -OCH3 is 1. The lowest BCUT2D eigenvalue weighted by Gasteiger charge is -2.08. The molecule has 0 spiro atoms. The summed E-state index contributed by atoms with van der Waals surface area (Å²) in [5.41, 5.74) is 1.08. The number of ether oxygens (including phenoxy) is 1. The summed E-state index contributed by atoms with van der Waals surface area (Å²) in [6, 6.07) is 7.84. The summed E-state index contributed by atoms with van der Waals surface area (Å²) in [5.74, 6) is -0.190. The monoisotopic (exact) mass is 231 g/mol. The number of aromatic nitrogens is 1. The normalized spacial score (nSPS) is 10.0. The quantitative estimate of drug-likeness (QED) is 0.762. The topological polar surface area (TPSA) is 39.2 Å². The van der Waals surface area contributed by atoms with Crippen LogP contribution in [0.15, 0.2) is 36.5 Å². The molecule has 2 aromatic rings. The molecule has 0 aliphatic heterocycles. The SMILES string of the molecule is COc1nccc(-c2ccccc2F)c1C=O. The number of hydrogen-bond donors (Lipinski definition) is 0. The molecule has 0 saturated carbocycles. The largest absolute Gasteiger partial charge is 0.480 e. The minimum absolute atomic E-state index is 0.195. The van der Waals surface area contributed by atoms with Crippen molar-refractivity contribution in [2.45, 2.75) is 0 Å². The molecular formula is C13H10FNO2. The third-order valence-corrected chi connectivity index (χ3v) is 2.43. The number of carbonyl (C=O) groups is 1. The summed E-state index contributed by atoms with van der Waals surface area (Å²) >= 11 is 0. The molecular weight excluding hydrogens is 221 g/mol. The maximum absolute atomic E-state index is 13.7. The zero-order chi connectivity index (χ0) is 12.3. The summed E-state index contributed by atoms with van der Waals surface area (Å²) in [6.45, 7) is 0. The second kappa shape index (κ2) is 4.74. The standard InChI is InChI=1S/C13H10FNO2/c1-17-13-11(8-16)9(6-7-15-13)10-4-2-3-5-12(10)14/h2-8H,1H3. The highest BCUT2D eigenvalue weighted by Crippen LogP contribution is 2.29. The first-order chi connectivity index (χ1) is 8.27. The number of carbonyl (C=O) groups excluding carboxylic acids is 1. The molecule has 0 amide bonds. The molecule has 0 unspecified atom stereocenters. The summed E-state index contributed by atoms with van der Waals surface area (Å²) in [5, 5.41) is 0. The first-order valence-electron chi connectivity index (χ1n) is 5.01.